The molecule has 1 unspecified atom stereocenters. The maximum absolute atomic E-state index is 13.5. The summed E-state index contributed by atoms with van der Waals surface area (Å²) >= 11 is 0. The summed E-state index contributed by atoms with van der Waals surface area (Å²) in [4.78, 5) is 0.303. The molecule has 0 saturated heterocycles. The number of fused-ring (bicyclic) bond motifs is 1. The van der Waals surface area contributed by atoms with Gasteiger partial charge in [0.15, 0.2) is 0 Å². The molecule has 4 rings (SSSR count). The van der Waals surface area contributed by atoms with Crippen LogP contribution in [0.15, 0.2) is 77.7 Å². The monoisotopic (exact) mass is 379 g/mol. The van der Waals surface area contributed by atoms with Crippen LogP contribution in [0.1, 0.15) is 22.7 Å². The smallest absolute Gasteiger partial charge is 0.264 e. The molecule has 27 heavy (non-hydrogen) atoms. The van der Waals surface area contributed by atoms with Crippen molar-refractivity contribution in [1.82, 2.24) is 0 Å². The molecule has 1 aliphatic rings. The fraction of sp³-hybridized carbons (Fsp3) is 0.182. The maximum atomic E-state index is 13.5. The van der Waals surface area contributed by atoms with Gasteiger partial charge in [0, 0.05) is 6.42 Å². The first-order chi connectivity index (χ1) is 13.0. The van der Waals surface area contributed by atoms with E-state index < -0.39 is 10.0 Å². The Labute approximate surface area is 160 Å². The zero-order valence-electron chi connectivity index (χ0n) is 15.3. The molecule has 0 aliphatic carbocycles. The highest BCUT2D eigenvalue weighted by molar-refractivity contribution is 7.92. The summed E-state index contributed by atoms with van der Waals surface area (Å²) in [6.07, 6.45) is 0.613. The Bertz CT molecular complexity index is 1060. The predicted molar refractivity (Wildman–Crippen MR) is 107 cm³/mol. The number of aryl methyl sites for hydroxylation is 1. The fourth-order valence-electron chi connectivity index (χ4n) is 3.58. The van der Waals surface area contributed by atoms with Crippen molar-refractivity contribution in [1.29, 1.82) is 0 Å². The normalized spacial score (nSPS) is 16.2. The molecule has 4 nitrogen and oxygen atoms in total. The Hall–Kier alpha value is -2.79. The lowest BCUT2D eigenvalue weighted by atomic mass is 10.0. The van der Waals surface area contributed by atoms with Crippen LogP contribution in [-0.2, 0) is 16.4 Å². The van der Waals surface area contributed by atoms with E-state index in [0.717, 1.165) is 22.4 Å². The van der Waals surface area contributed by atoms with E-state index >= 15 is 0 Å². The summed E-state index contributed by atoms with van der Waals surface area (Å²) in [5, 5.41) is 0. The molecule has 1 aliphatic heterocycles. The standard InChI is InChI=1S/C22H21NO3S/c1-16-8-11-20(12-9-16)27(24,25)23-21-13-10-19(26-2)14-18(21)15-22(23)17-6-4-3-5-7-17/h3-14,22H,15H2,1-2H3. The minimum absolute atomic E-state index is 0.278. The van der Waals surface area contributed by atoms with Crippen LogP contribution < -0.4 is 9.04 Å². The van der Waals surface area contributed by atoms with Crippen LogP contribution >= 0.6 is 0 Å². The average Bonchev–Trinajstić information content (AvgIpc) is 3.08. The Morgan fingerprint density at radius 1 is 0.963 bits per heavy atom. The first-order valence-electron chi connectivity index (χ1n) is 8.83. The van der Waals surface area contributed by atoms with E-state index in [4.69, 9.17) is 4.74 Å². The van der Waals surface area contributed by atoms with Gasteiger partial charge >= 0.3 is 0 Å². The number of benzene rings is 3. The van der Waals surface area contributed by atoms with Gasteiger partial charge in [0.2, 0.25) is 0 Å². The number of nitrogens with zero attached hydrogens (tertiary/aromatic N) is 1. The van der Waals surface area contributed by atoms with Gasteiger partial charge in [0.25, 0.3) is 10.0 Å². The first kappa shape index (κ1) is 17.6. The molecular formula is C22H21NO3S. The van der Waals surface area contributed by atoms with E-state index in [2.05, 4.69) is 0 Å². The SMILES string of the molecule is COc1ccc2c(c1)CC(c1ccccc1)N2S(=O)(=O)c1ccc(C)cc1. The van der Waals surface area contributed by atoms with Crippen LogP contribution in [0.3, 0.4) is 0 Å². The molecule has 3 aromatic carbocycles. The third-order valence-corrected chi connectivity index (χ3v) is 6.82. The summed E-state index contributed by atoms with van der Waals surface area (Å²) in [7, 11) is -2.08. The van der Waals surface area contributed by atoms with Crippen molar-refractivity contribution in [2.45, 2.75) is 24.3 Å². The maximum Gasteiger partial charge on any atom is 0.264 e. The molecule has 138 valence electrons. The quantitative estimate of drug-likeness (QED) is 0.671. The van der Waals surface area contributed by atoms with Gasteiger partial charge < -0.3 is 4.74 Å². The molecule has 0 aromatic heterocycles. The Morgan fingerprint density at radius 2 is 1.67 bits per heavy atom. The fourth-order valence-corrected chi connectivity index (χ4v) is 5.25. The van der Waals surface area contributed by atoms with Gasteiger partial charge in [0.05, 0.1) is 23.7 Å². The second kappa shape index (κ2) is 6.74. The Kier molecular flexibility index (Phi) is 4.40. The summed E-state index contributed by atoms with van der Waals surface area (Å²) < 4.78 is 34.0. The minimum atomic E-state index is -3.69. The molecule has 0 bridgehead atoms. The average molecular weight is 379 g/mol. The van der Waals surface area contributed by atoms with Crippen LogP contribution in [0, 0.1) is 6.92 Å². The van der Waals surface area contributed by atoms with Gasteiger partial charge in [-0.3, -0.25) is 4.31 Å². The van der Waals surface area contributed by atoms with Crippen molar-refractivity contribution in [3.8, 4) is 5.75 Å². The molecule has 0 amide bonds. The third-order valence-electron chi connectivity index (χ3n) is 4.98. The van der Waals surface area contributed by atoms with Gasteiger partial charge in [-0.15, -0.1) is 0 Å². The molecule has 0 radical (unpaired) electrons. The van der Waals surface area contributed by atoms with Crippen LogP contribution in [0.2, 0.25) is 0 Å². The van der Waals surface area contributed by atoms with E-state index in [1.54, 1.807) is 23.5 Å². The zero-order valence-corrected chi connectivity index (χ0v) is 16.1. The highest BCUT2D eigenvalue weighted by Crippen LogP contribution is 2.45. The number of ether oxygens (including phenoxy) is 1. The summed E-state index contributed by atoms with van der Waals surface area (Å²) in [5.41, 5.74) is 3.69. The summed E-state index contributed by atoms with van der Waals surface area (Å²) in [5.74, 6) is 0.732. The largest absolute Gasteiger partial charge is 0.497 e. The Morgan fingerprint density at radius 3 is 2.33 bits per heavy atom. The molecule has 1 atom stereocenters. The number of sulfonamides is 1. The van der Waals surface area contributed by atoms with E-state index in [-0.39, 0.29) is 6.04 Å². The Balaban J connectivity index is 1.87. The highest BCUT2D eigenvalue weighted by atomic mass is 32.2. The second-order valence-electron chi connectivity index (χ2n) is 6.74. The van der Waals surface area contributed by atoms with Crippen LogP contribution in [0.25, 0.3) is 0 Å². The van der Waals surface area contributed by atoms with Gasteiger partial charge in [-0.25, -0.2) is 8.42 Å². The third kappa shape index (κ3) is 3.08. The zero-order chi connectivity index (χ0) is 19.0. The van der Waals surface area contributed by atoms with Crippen molar-refractivity contribution >= 4 is 15.7 Å². The van der Waals surface area contributed by atoms with Crippen molar-refractivity contribution in [3.05, 3.63) is 89.5 Å². The number of anilines is 1. The molecule has 0 fully saturated rings. The minimum Gasteiger partial charge on any atom is -0.497 e. The van der Waals surface area contributed by atoms with Crippen molar-refractivity contribution in [3.63, 3.8) is 0 Å². The van der Waals surface area contributed by atoms with Crippen molar-refractivity contribution in [2.24, 2.45) is 0 Å². The van der Waals surface area contributed by atoms with Gasteiger partial charge in [-0.2, -0.15) is 0 Å². The van der Waals surface area contributed by atoms with Crippen molar-refractivity contribution < 1.29 is 13.2 Å². The molecular weight excluding hydrogens is 358 g/mol. The molecule has 1 heterocycles. The lowest BCUT2D eigenvalue weighted by Crippen LogP contribution is -2.32. The molecule has 0 saturated carbocycles. The van der Waals surface area contributed by atoms with Gasteiger partial charge in [-0.05, 0) is 48.4 Å². The van der Waals surface area contributed by atoms with E-state index in [1.165, 1.54) is 0 Å². The van der Waals surface area contributed by atoms with E-state index in [0.29, 0.717) is 17.0 Å². The van der Waals surface area contributed by atoms with E-state index in [1.807, 2.05) is 67.6 Å². The van der Waals surface area contributed by atoms with Crippen LogP contribution in [0.5, 0.6) is 5.75 Å². The van der Waals surface area contributed by atoms with Gasteiger partial charge in [-0.1, -0.05) is 48.0 Å². The topological polar surface area (TPSA) is 46.6 Å². The highest BCUT2D eigenvalue weighted by Gasteiger charge is 2.39. The first-order valence-corrected chi connectivity index (χ1v) is 10.3. The van der Waals surface area contributed by atoms with Crippen molar-refractivity contribution in [2.75, 3.05) is 11.4 Å². The molecule has 3 aromatic rings. The number of hydrogen-bond donors (Lipinski definition) is 0. The summed E-state index contributed by atoms with van der Waals surface area (Å²) in [6, 6.07) is 22.1. The molecule has 0 N–H and O–H groups in total. The van der Waals surface area contributed by atoms with Gasteiger partial charge in [0.1, 0.15) is 5.75 Å². The van der Waals surface area contributed by atoms with Crippen LogP contribution in [-0.4, -0.2) is 15.5 Å². The number of hydrogen-bond acceptors (Lipinski definition) is 3. The molecule has 5 heteroatoms. The lowest BCUT2D eigenvalue weighted by molar-refractivity contribution is 0.414. The molecule has 0 spiro atoms. The second-order valence-corrected chi connectivity index (χ2v) is 8.55. The number of methoxy groups -OCH3 is 1. The van der Waals surface area contributed by atoms with Crippen LogP contribution in [0.4, 0.5) is 5.69 Å². The predicted octanol–water partition coefficient (Wildman–Crippen LogP) is 4.50. The summed E-state index contributed by atoms with van der Waals surface area (Å²) in [6.45, 7) is 1.95. The van der Waals surface area contributed by atoms with E-state index in [9.17, 15) is 8.42 Å². The number of rotatable bonds is 4. The lowest BCUT2D eigenvalue weighted by Gasteiger charge is -2.27.